The van der Waals surface area contributed by atoms with E-state index in [0.29, 0.717) is 0 Å². The summed E-state index contributed by atoms with van der Waals surface area (Å²) in [4.78, 5) is 2.48. The molecule has 1 aliphatic heterocycles. The van der Waals surface area contributed by atoms with Crippen molar-refractivity contribution < 1.29 is 0 Å². The zero-order chi connectivity index (χ0) is 15.6. The van der Waals surface area contributed by atoms with E-state index in [-0.39, 0.29) is 0 Å². The highest BCUT2D eigenvalue weighted by Crippen LogP contribution is 2.26. The van der Waals surface area contributed by atoms with Gasteiger partial charge in [-0.25, -0.2) is 0 Å². The summed E-state index contributed by atoms with van der Waals surface area (Å²) in [5.41, 5.74) is 6.36. The third kappa shape index (κ3) is 3.03. The van der Waals surface area contributed by atoms with Crippen molar-refractivity contribution in [2.45, 2.75) is 19.5 Å². The van der Waals surface area contributed by atoms with Gasteiger partial charge in [0, 0.05) is 30.2 Å². The van der Waals surface area contributed by atoms with Crippen LogP contribution < -0.4 is 0 Å². The van der Waals surface area contributed by atoms with E-state index in [1.165, 1.54) is 16.7 Å². The highest BCUT2D eigenvalue weighted by molar-refractivity contribution is 6.30. The van der Waals surface area contributed by atoms with Crippen LogP contribution in [0.2, 0.25) is 5.02 Å². The minimum Gasteiger partial charge on any atom is -0.294 e. The van der Waals surface area contributed by atoms with Crippen LogP contribution in [0.1, 0.15) is 16.7 Å². The average molecular weight is 324 g/mol. The monoisotopic (exact) mass is 323 g/mol. The molecule has 0 atom stereocenters. The Morgan fingerprint density at radius 3 is 2.65 bits per heavy atom. The number of nitrogens with one attached hydrogen (secondary N) is 1. The van der Waals surface area contributed by atoms with E-state index in [2.05, 4.69) is 39.4 Å². The molecule has 1 aliphatic rings. The summed E-state index contributed by atoms with van der Waals surface area (Å²) in [5.74, 6) is 0. The van der Waals surface area contributed by atoms with Crippen molar-refractivity contribution in [3.63, 3.8) is 0 Å². The van der Waals surface area contributed by atoms with E-state index in [4.69, 9.17) is 11.6 Å². The summed E-state index contributed by atoms with van der Waals surface area (Å²) in [6, 6.07) is 16.6. The zero-order valence-electron chi connectivity index (χ0n) is 12.8. The van der Waals surface area contributed by atoms with Crippen LogP contribution in [0.5, 0.6) is 0 Å². The molecular weight excluding hydrogens is 306 g/mol. The van der Waals surface area contributed by atoms with E-state index in [1.54, 1.807) is 0 Å². The molecule has 0 unspecified atom stereocenters. The summed E-state index contributed by atoms with van der Waals surface area (Å²) in [5, 5.41) is 8.13. The van der Waals surface area contributed by atoms with Gasteiger partial charge in [-0.15, -0.1) is 0 Å². The summed E-state index contributed by atoms with van der Waals surface area (Å²) in [6.45, 7) is 2.99. The molecule has 1 aromatic heterocycles. The van der Waals surface area contributed by atoms with Crippen LogP contribution in [0.3, 0.4) is 0 Å². The largest absolute Gasteiger partial charge is 0.294 e. The van der Waals surface area contributed by atoms with Gasteiger partial charge in [0.25, 0.3) is 0 Å². The maximum absolute atomic E-state index is 5.98. The fraction of sp³-hybridized carbons (Fsp3) is 0.211. The molecule has 2 aromatic carbocycles. The predicted octanol–water partition coefficient (Wildman–Crippen LogP) is 4.29. The van der Waals surface area contributed by atoms with Gasteiger partial charge in [0.2, 0.25) is 0 Å². The molecule has 0 saturated heterocycles. The lowest BCUT2D eigenvalue weighted by atomic mass is 9.99. The molecule has 1 N–H and O–H groups in total. The summed E-state index contributed by atoms with van der Waals surface area (Å²) in [6.07, 6.45) is 3.05. The SMILES string of the molecule is Clc1ccc(-c2[nH]ncc2CN2CCc3ccccc3C2)cc1. The van der Waals surface area contributed by atoms with Crippen molar-refractivity contribution in [2.75, 3.05) is 6.54 Å². The van der Waals surface area contributed by atoms with E-state index >= 15 is 0 Å². The Hall–Kier alpha value is -2.10. The molecule has 3 nitrogen and oxygen atoms in total. The first kappa shape index (κ1) is 14.5. The molecule has 4 heteroatoms. The van der Waals surface area contributed by atoms with Crippen molar-refractivity contribution in [1.82, 2.24) is 15.1 Å². The summed E-state index contributed by atoms with van der Waals surface area (Å²) in [7, 11) is 0. The van der Waals surface area contributed by atoms with Gasteiger partial charge < -0.3 is 0 Å². The Morgan fingerprint density at radius 1 is 1.04 bits per heavy atom. The molecular formula is C19H18ClN3. The lowest BCUT2D eigenvalue weighted by molar-refractivity contribution is 0.246. The van der Waals surface area contributed by atoms with Gasteiger partial charge >= 0.3 is 0 Å². The second-order valence-electron chi connectivity index (χ2n) is 6.01. The van der Waals surface area contributed by atoms with E-state index in [9.17, 15) is 0 Å². The van der Waals surface area contributed by atoms with Gasteiger partial charge in [-0.2, -0.15) is 5.10 Å². The molecule has 2 heterocycles. The second kappa shape index (κ2) is 6.19. The molecule has 0 amide bonds. The van der Waals surface area contributed by atoms with Crippen molar-refractivity contribution in [1.29, 1.82) is 0 Å². The van der Waals surface area contributed by atoms with Gasteiger partial charge in [-0.3, -0.25) is 10.00 Å². The first-order valence-electron chi connectivity index (χ1n) is 7.87. The minimum atomic E-state index is 0.752. The molecule has 4 rings (SSSR count). The maximum atomic E-state index is 5.98. The average Bonchev–Trinajstić information content (AvgIpc) is 3.03. The molecule has 23 heavy (non-hydrogen) atoms. The molecule has 3 aromatic rings. The third-order valence-electron chi connectivity index (χ3n) is 4.45. The molecule has 0 radical (unpaired) electrons. The minimum absolute atomic E-state index is 0.752. The molecule has 0 fully saturated rings. The Bertz CT molecular complexity index is 807. The number of hydrogen-bond donors (Lipinski definition) is 1. The number of aromatic nitrogens is 2. The topological polar surface area (TPSA) is 31.9 Å². The Kier molecular flexibility index (Phi) is 3.90. The zero-order valence-corrected chi connectivity index (χ0v) is 13.6. The number of halogens is 1. The Balaban J connectivity index is 1.55. The first-order chi connectivity index (χ1) is 11.3. The molecule has 0 aliphatic carbocycles. The number of benzene rings is 2. The van der Waals surface area contributed by atoms with Crippen LogP contribution in [0, 0.1) is 0 Å². The van der Waals surface area contributed by atoms with Gasteiger partial charge in [0.1, 0.15) is 0 Å². The third-order valence-corrected chi connectivity index (χ3v) is 4.71. The van der Waals surface area contributed by atoms with Gasteiger partial charge in [-0.1, -0.05) is 48.0 Å². The number of aromatic amines is 1. The highest BCUT2D eigenvalue weighted by atomic mass is 35.5. The Labute approximate surface area is 140 Å². The van der Waals surface area contributed by atoms with Crippen LogP contribution in [0.15, 0.2) is 54.7 Å². The van der Waals surface area contributed by atoms with E-state index < -0.39 is 0 Å². The van der Waals surface area contributed by atoms with Gasteiger partial charge in [-0.05, 0) is 35.2 Å². The predicted molar refractivity (Wildman–Crippen MR) is 93.3 cm³/mol. The molecule has 0 spiro atoms. The van der Waals surface area contributed by atoms with Crippen LogP contribution >= 0.6 is 11.6 Å². The fourth-order valence-electron chi connectivity index (χ4n) is 3.23. The number of nitrogens with zero attached hydrogens (tertiary/aromatic N) is 2. The lowest BCUT2D eigenvalue weighted by Crippen LogP contribution is -2.30. The quantitative estimate of drug-likeness (QED) is 0.779. The van der Waals surface area contributed by atoms with E-state index in [0.717, 1.165) is 42.3 Å². The van der Waals surface area contributed by atoms with E-state index in [1.807, 2.05) is 30.5 Å². The molecule has 0 saturated carbocycles. The first-order valence-corrected chi connectivity index (χ1v) is 8.25. The fourth-order valence-corrected chi connectivity index (χ4v) is 3.35. The lowest BCUT2D eigenvalue weighted by Gasteiger charge is -2.28. The van der Waals surface area contributed by atoms with Gasteiger partial charge in [0.15, 0.2) is 0 Å². The summed E-state index contributed by atoms with van der Waals surface area (Å²) < 4.78 is 0. The summed E-state index contributed by atoms with van der Waals surface area (Å²) >= 11 is 5.98. The standard InChI is InChI=1S/C19H18ClN3/c20-18-7-5-15(6-8-18)19-17(11-21-22-19)13-23-10-9-14-3-1-2-4-16(14)12-23/h1-8,11H,9-10,12-13H2,(H,21,22). The smallest absolute Gasteiger partial charge is 0.0695 e. The van der Waals surface area contributed by atoms with Crippen LogP contribution in [0.25, 0.3) is 11.3 Å². The van der Waals surface area contributed by atoms with Gasteiger partial charge in [0.05, 0.1) is 11.9 Å². The van der Waals surface area contributed by atoms with Crippen molar-refractivity contribution in [3.05, 3.63) is 76.4 Å². The highest BCUT2D eigenvalue weighted by Gasteiger charge is 2.18. The molecule has 116 valence electrons. The van der Waals surface area contributed by atoms with Crippen molar-refractivity contribution in [3.8, 4) is 11.3 Å². The van der Waals surface area contributed by atoms with Crippen molar-refractivity contribution in [2.24, 2.45) is 0 Å². The second-order valence-corrected chi connectivity index (χ2v) is 6.44. The van der Waals surface area contributed by atoms with Crippen molar-refractivity contribution >= 4 is 11.6 Å². The maximum Gasteiger partial charge on any atom is 0.0695 e. The molecule has 0 bridgehead atoms. The number of H-pyrrole nitrogens is 1. The normalized spacial score (nSPS) is 14.7. The number of hydrogen-bond acceptors (Lipinski definition) is 2. The van der Waals surface area contributed by atoms with Crippen LogP contribution in [-0.4, -0.2) is 21.6 Å². The number of rotatable bonds is 3. The van der Waals surface area contributed by atoms with Crippen LogP contribution in [-0.2, 0) is 19.5 Å². The Morgan fingerprint density at radius 2 is 1.83 bits per heavy atom. The number of fused-ring (bicyclic) bond motifs is 1. The van der Waals surface area contributed by atoms with Crippen LogP contribution in [0.4, 0.5) is 0 Å².